The fourth-order valence-electron chi connectivity index (χ4n) is 1.60. The topological polar surface area (TPSA) is 44.8 Å². The molecule has 1 rings (SSSR count). The van der Waals surface area contributed by atoms with E-state index in [0.717, 1.165) is 19.4 Å². The van der Waals surface area contributed by atoms with E-state index in [1.807, 2.05) is 0 Å². The number of carbonyl (C=O) groups excluding carboxylic acids is 1. The van der Waals surface area contributed by atoms with Gasteiger partial charge in [-0.2, -0.15) is 0 Å². The Morgan fingerprint density at radius 2 is 2.00 bits per heavy atom. The molecule has 0 aromatic heterocycles. The molecule has 1 aromatic carbocycles. The Labute approximate surface area is 114 Å². The first-order valence-corrected chi connectivity index (χ1v) is 6.58. The van der Waals surface area contributed by atoms with Crippen LogP contribution in [0.15, 0.2) is 18.2 Å². The van der Waals surface area contributed by atoms with Gasteiger partial charge in [0, 0.05) is 12.7 Å². The minimum absolute atomic E-state index is 0.0236. The summed E-state index contributed by atoms with van der Waals surface area (Å²) in [7, 11) is 1.58. The lowest BCUT2D eigenvalue weighted by atomic mass is 10.1. The van der Waals surface area contributed by atoms with Crippen LogP contribution in [0.25, 0.3) is 0 Å². The fraction of sp³-hybridized carbons (Fsp3) is 0.533. The summed E-state index contributed by atoms with van der Waals surface area (Å²) in [6, 6.07) is 5.19. The molecule has 106 valence electrons. The maximum Gasteiger partial charge on any atom is 0.163 e. The molecule has 0 fully saturated rings. The highest BCUT2D eigenvalue weighted by molar-refractivity contribution is 5.97. The Kier molecular flexibility index (Phi) is 6.97. The number of hydrogen-bond acceptors (Lipinski definition) is 4. The van der Waals surface area contributed by atoms with E-state index in [2.05, 4.69) is 6.92 Å². The SMILES string of the molecule is CCCCOCCOc1cc(OC)ccc1C(C)=O. The molecular weight excluding hydrogens is 244 g/mol. The van der Waals surface area contributed by atoms with Crippen LogP contribution < -0.4 is 9.47 Å². The van der Waals surface area contributed by atoms with Crippen LogP contribution in [0.4, 0.5) is 0 Å². The first-order valence-electron chi connectivity index (χ1n) is 6.58. The van der Waals surface area contributed by atoms with Crippen LogP contribution >= 0.6 is 0 Å². The number of ketones is 1. The molecule has 4 nitrogen and oxygen atoms in total. The maximum absolute atomic E-state index is 11.5. The first-order chi connectivity index (χ1) is 9.19. The number of Topliss-reactive ketones (excluding diaryl/α,β-unsaturated/α-hetero) is 1. The van der Waals surface area contributed by atoms with Gasteiger partial charge >= 0.3 is 0 Å². The number of ether oxygens (including phenoxy) is 3. The molecule has 1 aromatic rings. The molecule has 0 saturated heterocycles. The predicted octanol–water partition coefficient (Wildman–Crippen LogP) is 3.09. The van der Waals surface area contributed by atoms with Crippen molar-refractivity contribution in [2.75, 3.05) is 26.9 Å². The minimum atomic E-state index is -0.0236. The average Bonchev–Trinajstić information content (AvgIpc) is 2.42. The predicted molar refractivity (Wildman–Crippen MR) is 74.2 cm³/mol. The summed E-state index contributed by atoms with van der Waals surface area (Å²) in [5.74, 6) is 1.20. The second kappa shape index (κ2) is 8.53. The normalized spacial score (nSPS) is 10.3. The van der Waals surface area contributed by atoms with E-state index in [9.17, 15) is 4.79 Å². The Bertz CT molecular complexity index is 401. The van der Waals surface area contributed by atoms with Crippen LogP contribution in [0.3, 0.4) is 0 Å². The highest BCUT2D eigenvalue weighted by Gasteiger charge is 2.09. The van der Waals surface area contributed by atoms with E-state index in [-0.39, 0.29) is 5.78 Å². The van der Waals surface area contributed by atoms with Crippen molar-refractivity contribution in [3.05, 3.63) is 23.8 Å². The van der Waals surface area contributed by atoms with Gasteiger partial charge in [-0.05, 0) is 25.5 Å². The lowest BCUT2D eigenvalue weighted by Gasteiger charge is -2.11. The quantitative estimate of drug-likeness (QED) is 0.509. The summed E-state index contributed by atoms with van der Waals surface area (Å²) in [6.07, 6.45) is 2.17. The molecule has 0 aliphatic heterocycles. The zero-order valence-corrected chi connectivity index (χ0v) is 11.9. The fourth-order valence-corrected chi connectivity index (χ4v) is 1.60. The molecule has 0 N–H and O–H groups in total. The monoisotopic (exact) mass is 266 g/mol. The molecule has 0 aliphatic carbocycles. The Balaban J connectivity index is 2.52. The van der Waals surface area contributed by atoms with Gasteiger partial charge in [0.15, 0.2) is 5.78 Å². The molecule has 0 bridgehead atoms. The molecular formula is C15H22O4. The molecule has 0 spiro atoms. The van der Waals surface area contributed by atoms with Gasteiger partial charge in [-0.15, -0.1) is 0 Å². The van der Waals surface area contributed by atoms with E-state index in [0.29, 0.717) is 30.3 Å². The third-order valence-corrected chi connectivity index (χ3v) is 2.70. The van der Waals surface area contributed by atoms with Crippen molar-refractivity contribution in [1.29, 1.82) is 0 Å². The van der Waals surface area contributed by atoms with Gasteiger partial charge in [-0.25, -0.2) is 0 Å². The smallest absolute Gasteiger partial charge is 0.163 e. The van der Waals surface area contributed by atoms with Gasteiger partial charge in [0.2, 0.25) is 0 Å². The largest absolute Gasteiger partial charge is 0.497 e. The Morgan fingerprint density at radius 1 is 1.21 bits per heavy atom. The molecule has 0 aliphatic rings. The second-order valence-electron chi connectivity index (χ2n) is 4.23. The molecule has 0 unspecified atom stereocenters. The zero-order valence-electron chi connectivity index (χ0n) is 11.9. The number of rotatable bonds is 9. The van der Waals surface area contributed by atoms with Crippen molar-refractivity contribution in [1.82, 2.24) is 0 Å². The zero-order chi connectivity index (χ0) is 14.1. The van der Waals surface area contributed by atoms with Crippen LogP contribution in [0.5, 0.6) is 11.5 Å². The summed E-state index contributed by atoms with van der Waals surface area (Å²) in [5, 5.41) is 0. The van der Waals surface area contributed by atoms with E-state index in [1.165, 1.54) is 6.92 Å². The standard InChI is InChI=1S/C15H22O4/c1-4-5-8-18-9-10-19-15-11-13(17-3)6-7-14(15)12(2)16/h6-7,11H,4-5,8-10H2,1-3H3. The second-order valence-corrected chi connectivity index (χ2v) is 4.23. The van der Waals surface area contributed by atoms with Gasteiger partial charge in [0.05, 0.1) is 19.3 Å². The van der Waals surface area contributed by atoms with Crippen LogP contribution in [0, 0.1) is 0 Å². The number of carbonyl (C=O) groups is 1. The molecule has 0 amide bonds. The van der Waals surface area contributed by atoms with Crippen molar-refractivity contribution in [3.63, 3.8) is 0 Å². The van der Waals surface area contributed by atoms with Crippen LogP contribution in [-0.2, 0) is 4.74 Å². The van der Waals surface area contributed by atoms with Gasteiger partial charge in [-0.3, -0.25) is 4.79 Å². The van der Waals surface area contributed by atoms with Crippen molar-refractivity contribution in [2.45, 2.75) is 26.7 Å². The summed E-state index contributed by atoms with van der Waals surface area (Å²) in [4.78, 5) is 11.5. The maximum atomic E-state index is 11.5. The molecule has 4 heteroatoms. The van der Waals surface area contributed by atoms with Gasteiger partial charge in [-0.1, -0.05) is 13.3 Å². The van der Waals surface area contributed by atoms with E-state index in [1.54, 1.807) is 25.3 Å². The van der Waals surface area contributed by atoms with Gasteiger partial charge in [0.1, 0.15) is 18.1 Å². The Hall–Kier alpha value is -1.55. The van der Waals surface area contributed by atoms with Crippen molar-refractivity contribution in [3.8, 4) is 11.5 Å². The van der Waals surface area contributed by atoms with Crippen molar-refractivity contribution in [2.24, 2.45) is 0 Å². The van der Waals surface area contributed by atoms with Gasteiger partial charge in [0.25, 0.3) is 0 Å². The first kappa shape index (κ1) is 15.5. The molecule has 0 atom stereocenters. The Morgan fingerprint density at radius 3 is 2.63 bits per heavy atom. The summed E-state index contributed by atoms with van der Waals surface area (Å²) in [6.45, 7) is 5.34. The average molecular weight is 266 g/mol. The lowest BCUT2D eigenvalue weighted by molar-refractivity contribution is 0.0947. The molecule has 19 heavy (non-hydrogen) atoms. The summed E-state index contributed by atoms with van der Waals surface area (Å²) < 4.78 is 16.1. The van der Waals surface area contributed by atoms with E-state index < -0.39 is 0 Å². The summed E-state index contributed by atoms with van der Waals surface area (Å²) in [5.41, 5.74) is 0.564. The highest BCUT2D eigenvalue weighted by atomic mass is 16.5. The van der Waals surface area contributed by atoms with Gasteiger partial charge < -0.3 is 14.2 Å². The van der Waals surface area contributed by atoms with Crippen LogP contribution in [-0.4, -0.2) is 32.7 Å². The molecule has 0 radical (unpaired) electrons. The van der Waals surface area contributed by atoms with E-state index in [4.69, 9.17) is 14.2 Å². The third kappa shape index (κ3) is 5.30. The van der Waals surface area contributed by atoms with Crippen molar-refractivity contribution < 1.29 is 19.0 Å². The number of benzene rings is 1. The molecule has 0 saturated carbocycles. The third-order valence-electron chi connectivity index (χ3n) is 2.70. The van der Waals surface area contributed by atoms with Crippen LogP contribution in [0.1, 0.15) is 37.0 Å². The van der Waals surface area contributed by atoms with Crippen molar-refractivity contribution >= 4 is 5.78 Å². The van der Waals surface area contributed by atoms with E-state index >= 15 is 0 Å². The number of unbranched alkanes of at least 4 members (excludes halogenated alkanes) is 1. The summed E-state index contributed by atoms with van der Waals surface area (Å²) >= 11 is 0. The minimum Gasteiger partial charge on any atom is -0.497 e. The lowest BCUT2D eigenvalue weighted by Crippen LogP contribution is -2.09. The highest BCUT2D eigenvalue weighted by Crippen LogP contribution is 2.25. The molecule has 0 heterocycles. The number of hydrogen-bond donors (Lipinski definition) is 0. The van der Waals surface area contributed by atoms with Crippen LogP contribution in [0.2, 0.25) is 0 Å². The number of methoxy groups -OCH3 is 1.